The van der Waals surface area contributed by atoms with Gasteiger partial charge < -0.3 is 20.7 Å². The fraction of sp³-hybridized carbons (Fsp3) is 0.529. The highest BCUT2D eigenvalue weighted by molar-refractivity contribution is 5.94. The highest BCUT2D eigenvalue weighted by Gasteiger charge is 2.24. The Kier molecular flexibility index (Phi) is 8.57. The molecule has 1 aliphatic rings. The SMILES string of the molecule is COc1ccc(C(=O)NCCNC(=O)[C@H]2CCN[C@@H](C)C2)cc1.Cl. The summed E-state index contributed by atoms with van der Waals surface area (Å²) in [6.07, 6.45) is 1.73. The van der Waals surface area contributed by atoms with Gasteiger partial charge in [-0.3, -0.25) is 9.59 Å². The lowest BCUT2D eigenvalue weighted by molar-refractivity contribution is -0.126. The molecule has 0 unspecified atom stereocenters. The molecule has 0 aliphatic carbocycles. The maximum Gasteiger partial charge on any atom is 0.251 e. The van der Waals surface area contributed by atoms with E-state index in [1.807, 2.05) is 0 Å². The van der Waals surface area contributed by atoms with Gasteiger partial charge in [0.1, 0.15) is 5.75 Å². The lowest BCUT2D eigenvalue weighted by atomic mass is 9.92. The first-order valence-corrected chi connectivity index (χ1v) is 8.03. The number of piperidine rings is 1. The van der Waals surface area contributed by atoms with Crippen LogP contribution < -0.4 is 20.7 Å². The molecule has 1 aromatic carbocycles. The number of carbonyl (C=O) groups is 2. The van der Waals surface area contributed by atoms with Crippen molar-refractivity contribution >= 4 is 24.2 Å². The summed E-state index contributed by atoms with van der Waals surface area (Å²) in [6.45, 7) is 3.83. The zero-order valence-corrected chi connectivity index (χ0v) is 14.9. The standard InChI is InChI=1S/C17H25N3O3.ClH/c1-12-11-14(7-8-18-12)17(22)20-10-9-19-16(21)13-3-5-15(23-2)6-4-13;/h3-6,12,14,18H,7-11H2,1-2H3,(H,19,21)(H,20,22);1H/t12-,14-;/m0./s1. The van der Waals surface area contributed by atoms with Crippen LogP contribution in [0.5, 0.6) is 5.75 Å². The summed E-state index contributed by atoms with van der Waals surface area (Å²) in [5.41, 5.74) is 0.573. The Morgan fingerprint density at radius 2 is 1.88 bits per heavy atom. The molecule has 2 amide bonds. The molecule has 0 aromatic heterocycles. The average molecular weight is 356 g/mol. The van der Waals surface area contributed by atoms with E-state index >= 15 is 0 Å². The Hall–Kier alpha value is -1.79. The molecule has 2 atom stereocenters. The predicted molar refractivity (Wildman–Crippen MR) is 95.8 cm³/mol. The fourth-order valence-electron chi connectivity index (χ4n) is 2.72. The molecule has 1 aliphatic heterocycles. The Bertz CT molecular complexity index is 536. The van der Waals surface area contributed by atoms with Crippen LogP contribution in [0.25, 0.3) is 0 Å². The molecule has 6 nitrogen and oxygen atoms in total. The van der Waals surface area contributed by atoms with Crippen LogP contribution >= 0.6 is 12.4 Å². The quantitative estimate of drug-likeness (QED) is 0.673. The number of halogens is 1. The first kappa shape index (κ1) is 20.3. The molecule has 7 heteroatoms. The summed E-state index contributed by atoms with van der Waals surface area (Å²) in [6, 6.07) is 7.30. The molecular formula is C17H26ClN3O3. The third-order valence-electron chi connectivity index (χ3n) is 4.06. The van der Waals surface area contributed by atoms with Crippen LogP contribution in [0.15, 0.2) is 24.3 Å². The van der Waals surface area contributed by atoms with Gasteiger partial charge in [0.15, 0.2) is 0 Å². The zero-order valence-electron chi connectivity index (χ0n) is 14.1. The van der Waals surface area contributed by atoms with E-state index in [4.69, 9.17) is 4.74 Å². The molecule has 1 saturated heterocycles. The van der Waals surface area contributed by atoms with Gasteiger partial charge in [-0.25, -0.2) is 0 Å². The third-order valence-corrected chi connectivity index (χ3v) is 4.06. The summed E-state index contributed by atoms with van der Waals surface area (Å²) in [4.78, 5) is 24.0. The van der Waals surface area contributed by atoms with E-state index in [2.05, 4.69) is 22.9 Å². The Morgan fingerprint density at radius 3 is 2.50 bits per heavy atom. The van der Waals surface area contributed by atoms with E-state index in [0.717, 1.165) is 19.4 Å². The second-order valence-electron chi connectivity index (χ2n) is 5.85. The van der Waals surface area contributed by atoms with Crippen molar-refractivity contribution in [2.75, 3.05) is 26.7 Å². The number of carbonyl (C=O) groups excluding carboxylic acids is 2. The van der Waals surface area contributed by atoms with Gasteiger partial charge in [-0.05, 0) is 50.6 Å². The number of hydrogen-bond donors (Lipinski definition) is 3. The van der Waals surface area contributed by atoms with E-state index in [1.54, 1.807) is 31.4 Å². The molecule has 1 heterocycles. The minimum absolute atomic E-state index is 0. The van der Waals surface area contributed by atoms with E-state index in [-0.39, 0.29) is 30.1 Å². The van der Waals surface area contributed by atoms with Crippen molar-refractivity contribution in [3.63, 3.8) is 0 Å². The van der Waals surface area contributed by atoms with E-state index in [9.17, 15) is 9.59 Å². The summed E-state index contributed by atoms with van der Waals surface area (Å²) in [5.74, 6) is 0.711. The normalized spacial score (nSPS) is 19.8. The number of benzene rings is 1. The van der Waals surface area contributed by atoms with Crippen molar-refractivity contribution in [2.24, 2.45) is 5.92 Å². The average Bonchev–Trinajstić information content (AvgIpc) is 2.58. The number of ether oxygens (including phenoxy) is 1. The van der Waals surface area contributed by atoms with Crippen molar-refractivity contribution in [3.05, 3.63) is 29.8 Å². The zero-order chi connectivity index (χ0) is 16.7. The van der Waals surface area contributed by atoms with Crippen LogP contribution in [-0.2, 0) is 4.79 Å². The molecule has 134 valence electrons. The highest BCUT2D eigenvalue weighted by Crippen LogP contribution is 2.15. The second kappa shape index (κ2) is 10.2. The molecule has 2 rings (SSSR count). The molecule has 0 radical (unpaired) electrons. The van der Waals surface area contributed by atoms with Crippen molar-refractivity contribution in [2.45, 2.75) is 25.8 Å². The molecule has 1 aromatic rings. The van der Waals surface area contributed by atoms with Gasteiger partial charge in [0.2, 0.25) is 5.91 Å². The molecule has 24 heavy (non-hydrogen) atoms. The summed E-state index contributed by atoms with van der Waals surface area (Å²) < 4.78 is 5.06. The van der Waals surface area contributed by atoms with Crippen LogP contribution in [0.1, 0.15) is 30.1 Å². The number of amides is 2. The Balaban J connectivity index is 0.00000288. The van der Waals surface area contributed by atoms with Crippen molar-refractivity contribution in [3.8, 4) is 5.75 Å². The van der Waals surface area contributed by atoms with Gasteiger partial charge in [0.05, 0.1) is 7.11 Å². The summed E-state index contributed by atoms with van der Waals surface area (Å²) >= 11 is 0. The monoisotopic (exact) mass is 355 g/mol. The van der Waals surface area contributed by atoms with Crippen molar-refractivity contribution in [1.29, 1.82) is 0 Å². The van der Waals surface area contributed by atoms with Crippen molar-refractivity contribution < 1.29 is 14.3 Å². The summed E-state index contributed by atoms with van der Waals surface area (Å²) in [5, 5.41) is 9.02. The molecule has 0 bridgehead atoms. The maximum absolute atomic E-state index is 12.1. The highest BCUT2D eigenvalue weighted by atomic mass is 35.5. The van der Waals surface area contributed by atoms with Crippen molar-refractivity contribution in [1.82, 2.24) is 16.0 Å². The number of hydrogen-bond acceptors (Lipinski definition) is 4. The van der Waals surface area contributed by atoms with Gasteiger partial charge in [-0.2, -0.15) is 0 Å². The second-order valence-corrected chi connectivity index (χ2v) is 5.85. The number of methoxy groups -OCH3 is 1. The largest absolute Gasteiger partial charge is 0.497 e. The first-order chi connectivity index (χ1) is 11.1. The van der Waals surface area contributed by atoms with Crippen LogP contribution in [0, 0.1) is 5.92 Å². The van der Waals surface area contributed by atoms with Crippen LogP contribution in [0.3, 0.4) is 0 Å². The minimum atomic E-state index is -0.155. The van der Waals surface area contributed by atoms with Gasteiger partial charge in [0.25, 0.3) is 5.91 Å². The fourth-order valence-corrected chi connectivity index (χ4v) is 2.72. The van der Waals surface area contributed by atoms with Gasteiger partial charge in [-0.1, -0.05) is 0 Å². The van der Waals surface area contributed by atoms with E-state index in [1.165, 1.54) is 0 Å². The first-order valence-electron chi connectivity index (χ1n) is 8.03. The van der Waals surface area contributed by atoms with E-state index < -0.39 is 0 Å². The van der Waals surface area contributed by atoms with Crippen LogP contribution in [0.4, 0.5) is 0 Å². The minimum Gasteiger partial charge on any atom is -0.497 e. The predicted octanol–water partition coefficient (Wildman–Crippen LogP) is 1.35. The summed E-state index contributed by atoms with van der Waals surface area (Å²) in [7, 11) is 1.58. The maximum atomic E-state index is 12.1. The Labute approximate surface area is 149 Å². The molecule has 0 saturated carbocycles. The van der Waals surface area contributed by atoms with Crippen LogP contribution in [-0.4, -0.2) is 44.6 Å². The molecular weight excluding hydrogens is 330 g/mol. The molecule has 0 spiro atoms. The molecule has 1 fully saturated rings. The third kappa shape index (κ3) is 6.02. The van der Waals surface area contributed by atoms with Crippen LogP contribution in [0.2, 0.25) is 0 Å². The molecule has 3 N–H and O–H groups in total. The number of rotatable bonds is 6. The lowest BCUT2D eigenvalue weighted by Gasteiger charge is -2.27. The topological polar surface area (TPSA) is 79.5 Å². The van der Waals surface area contributed by atoms with E-state index in [0.29, 0.717) is 30.4 Å². The van der Waals surface area contributed by atoms with Gasteiger partial charge >= 0.3 is 0 Å². The number of nitrogens with one attached hydrogen (secondary N) is 3. The van der Waals surface area contributed by atoms with Gasteiger partial charge in [-0.15, -0.1) is 12.4 Å². The lowest BCUT2D eigenvalue weighted by Crippen LogP contribution is -2.44. The smallest absolute Gasteiger partial charge is 0.251 e. The Morgan fingerprint density at radius 1 is 1.21 bits per heavy atom. The van der Waals surface area contributed by atoms with Gasteiger partial charge in [0, 0.05) is 30.6 Å².